The molecule has 7 heteroatoms. The van der Waals surface area contributed by atoms with Gasteiger partial charge in [0.25, 0.3) is 0 Å². The molecule has 190 valence electrons. The van der Waals surface area contributed by atoms with Crippen molar-refractivity contribution in [2.24, 2.45) is 5.73 Å². The maximum atomic E-state index is 13.4. The Morgan fingerprint density at radius 2 is 1.81 bits per heavy atom. The van der Waals surface area contributed by atoms with Gasteiger partial charge in [0.2, 0.25) is 5.91 Å². The first kappa shape index (κ1) is 25.7. The molecule has 1 unspecified atom stereocenters. The molecule has 7 nitrogen and oxygen atoms in total. The summed E-state index contributed by atoms with van der Waals surface area (Å²) in [5.74, 6) is 0.262. The molecular formula is C30H34N6O. The Labute approximate surface area is 218 Å². The molecule has 0 spiro atoms. The van der Waals surface area contributed by atoms with Gasteiger partial charge in [-0.1, -0.05) is 67.9 Å². The average Bonchev–Trinajstić information content (AvgIpc) is 3.42. The zero-order valence-electron chi connectivity index (χ0n) is 21.5. The van der Waals surface area contributed by atoms with Gasteiger partial charge in [-0.25, -0.2) is 4.98 Å². The third kappa shape index (κ3) is 6.64. The maximum Gasteiger partial charge on any atom is 0.243 e. The topological polar surface area (TPSA) is 111 Å². The minimum absolute atomic E-state index is 0.0203. The van der Waals surface area contributed by atoms with Gasteiger partial charge in [0.1, 0.15) is 5.84 Å². The molecule has 1 amide bonds. The number of rotatable bonds is 10. The number of nitrogen functional groups attached to an aromatic ring is 1. The average molecular weight is 495 g/mol. The van der Waals surface area contributed by atoms with E-state index in [2.05, 4.69) is 60.3 Å². The number of hydrogen-bond acceptors (Lipinski definition) is 4. The molecule has 1 aromatic heterocycles. The molecule has 4 rings (SSSR count). The monoisotopic (exact) mass is 494 g/mol. The summed E-state index contributed by atoms with van der Waals surface area (Å²) in [6, 6.07) is 23.6. The fourth-order valence-electron chi connectivity index (χ4n) is 4.32. The molecule has 3 aromatic carbocycles. The largest absolute Gasteiger partial charge is 0.384 e. The lowest BCUT2D eigenvalue weighted by Gasteiger charge is -2.33. The molecule has 37 heavy (non-hydrogen) atoms. The van der Waals surface area contributed by atoms with Crippen LogP contribution in [-0.2, 0) is 11.2 Å². The molecule has 0 saturated heterocycles. The number of amides is 1. The summed E-state index contributed by atoms with van der Waals surface area (Å²) in [4.78, 5) is 22.9. The number of imidazole rings is 1. The summed E-state index contributed by atoms with van der Waals surface area (Å²) in [5, 5.41) is 11.0. The van der Waals surface area contributed by atoms with Crippen molar-refractivity contribution in [3.8, 4) is 0 Å². The third-order valence-corrected chi connectivity index (χ3v) is 6.47. The Balaban J connectivity index is 1.67. The molecule has 0 radical (unpaired) electrons. The molecule has 0 saturated carbocycles. The highest BCUT2D eigenvalue weighted by atomic mass is 16.2. The van der Waals surface area contributed by atoms with Gasteiger partial charge in [-0.15, -0.1) is 0 Å². The normalized spacial score (nSPS) is 11.8. The number of nitrogens with two attached hydrogens (primary N) is 1. The molecule has 1 atom stereocenters. The lowest BCUT2D eigenvalue weighted by atomic mass is 10.00. The predicted molar refractivity (Wildman–Crippen MR) is 150 cm³/mol. The Morgan fingerprint density at radius 1 is 1.08 bits per heavy atom. The first-order valence-electron chi connectivity index (χ1n) is 12.4. The van der Waals surface area contributed by atoms with E-state index >= 15 is 0 Å². The van der Waals surface area contributed by atoms with Gasteiger partial charge < -0.3 is 20.9 Å². The first-order valence-corrected chi connectivity index (χ1v) is 12.4. The number of H-pyrrole nitrogens is 1. The van der Waals surface area contributed by atoms with E-state index < -0.39 is 0 Å². The van der Waals surface area contributed by atoms with Gasteiger partial charge in [-0.2, -0.15) is 0 Å². The molecule has 0 fully saturated rings. The van der Waals surface area contributed by atoms with Gasteiger partial charge in [0.05, 0.1) is 30.8 Å². The van der Waals surface area contributed by atoms with Crippen LogP contribution in [0.1, 0.15) is 53.8 Å². The van der Waals surface area contributed by atoms with E-state index in [0.29, 0.717) is 17.9 Å². The van der Waals surface area contributed by atoms with Crippen molar-refractivity contribution in [3.05, 3.63) is 113 Å². The summed E-state index contributed by atoms with van der Waals surface area (Å²) in [5.41, 5.74) is 12.4. The van der Waals surface area contributed by atoms with E-state index in [0.717, 1.165) is 22.6 Å². The number of benzene rings is 3. The number of carbonyl (C=O) groups excluding carboxylic acids is 1. The molecular weight excluding hydrogens is 460 g/mol. The third-order valence-electron chi connectivity index (χ3n) is 6.47. The standard InChI is InChI=1S/C30H34N6O/c1-20(2)23-11-13-25(14-12-23)35-29(37)18-36(26-6-4-5-24(16-26)30(31)32)28(27-17-33-19-34-27)15-22-9-7-21(3)8-10-22/h4-14,16-17,19-20,28H,15,18H2,1-3H3,(H3,31,32)(H,33,34)(H,35,37). The first-order chi connectivity index (χ1) is 17.8. The number of nitrogens with one attached hydrogen (secondary N) is 3. The fourth-order valence-corrected chi connectivity index (χ4v) is 4.32. The van der Waals surface area contributed by atoms with Crippen molar-refractivity contribution in [2.45, 2.75) is 39.2 Å². The Kier molecular flexibility index (Phi) is 8.03. The van der Waals surface area contributed by atoms with E-state index in [-0.39, 0.29) is 24.3 Å². The highest BCUT2D eigenvalue weighted by Crippen LogP contribution is 2.30. The Morgan fingerprint density at radius 3 is 2.43 bits per heavy atom. The highest BCUT2D eigenvalue weighted by Gasteiger charge is 2.25. The molecule has 0 aliphatic rings. The second-order valence-corrected chi connectivity index (χ2v) is 9.63. The van der Waals surface area contributed by atoms with Crippen LogP contribution in [0.4, 0.5) is 11.4 Å². The van der Waals surface area contributed by atoms with Crippen LogP contribution in [0, 0.1) is 12.3 Å². The number of amidine groups is 1. The zero-order valence-corrected chi connectivity index (χ0v) is 21.5. The zero-order chi connectivity index (χ0) is 26.4. The quantitative estimate of drug-likeness (QED) is 0.171. The lowest BCUT2D eigenvalue weighted by molar-refractivity contribution is -0.115. The van der Waals surface area contributed by atoms with Crippen LogP contribution < -0.4 is 16.0 Å². The second-order valence-electron chi connectivity index (χ2n) is 9.63. The van der Waals surface area contributed by atoms with Crippen molar-refractivity contribution in [3.63, 3.8) is 0 Å². The van der Waals surface area contributed by atoms with Gasteiger partial charge in [0, 0.05) is 16.9 Å². The van der Waals surface area contributed by atoms with E-state index in [1.165, 1.54) is 11.1 Å². The minimum atomic E-state index is -0.207. The van der Waals surface area contributed by atoms with Crippen LogP contribution in [0.5, 0.6) is 0 Å². The smallest absolute Gasteiger partial charge is 0.243 e. The summed E-state index contributed by atoms with van der Waals surface area (Å²) >= 11 is 0. The molecule has 0 aliphatic heterocycles. The van der Waals surface area contributed by atoms with Crippen LogP contribution in [0.3, 0.4) is 0 Å². The van der Waals surface area contributed by atoms with Gasteiger partial charge in [-0.3, -0.25) is 10.2 Å². The fraction of sp³-hybridized carbons (Fsp3) is 0.233. The van der Waals surface area contributed by atoms with Crippen LogP contribution in [0.2, 0.25) is 0 Å². The van der Waals surface area contributed by atoms with E-state index in [1.54, 1.807) is 18.6 Å². The molecule has 5 N–H and O–H groups in total. The second kappa shape index (κ2) is 11.6. The number of aromatic amines is 1. The number of aryl methyl sites for hydroxylation is 1. The maximum absolute atomic E-state index is 13.4. The van der Waals surface area contributed by atoms with Crippen LogP contribution in [0.15, 0.2) is 85.3 Å². The van der Waals surface area contributed by atoms with Crippen molar-refractivity contribution in [1.82, 2.24) is 9.97 Å². The summed E-state index contributed by atoms with van der Waals surface area (Å²) < 4.78 is 0. The van der Waals surface area contributed by atoms with Crippen molar-refractivity contribution in [1.29, 1.82) is 5.41 Å². The molecule has 4 aromatic rings. The number of carbonyl (C=O) groups is 1. The van der Waals surface area contributed by atoms with E-state index in [9.17, 15) is 4.79 Å². The van der Waals surface area contributed by atoms with Crippen molar-refractivity contribution >= 4 is 23.1 Å². The molecule has 0 aliphatic carbocycles. The van der Waals surface area contributed by atoms with Crippen molar-refractivity contribution < 1.29 is 4.79 Å². The van der Waals surface area contributed by atoms with E-state index in [1.807, 2.05) is 47.4 Å². The van der Waals surface area contributed by atoms with Crippen LogP contribution in [-0.4, -0.2) is 28.3 Å². The predicted octanol–water partition coefficient (Wildman–Crippen LogP) is 5.55. The summed E-state index contributed by atoms with van der Waals surface area (Å²) in [6.45, 7) is 6.45. The Bertz CT molecular complexity index is 1330. The van der Waals surface area contributed by atoms with E-state index in [4.69, 9.17) is 11.1 Å². The lowest BCUT2D eigenvalue weighted by Crippen LogP contribution is -2.37. The van der Waals surface area contributed by atoms with Gasteiger partial charge in [-0.05, 0) is 54.7 Å². The summed E-state index contributed by atoms with van der Waals surface area (Å²) in [7, 11) is 0. The summed E-state index contributed by atoms with van der Waals surface area (Å²) in [6.07, 6.45) is 4.10. The SMILES string of the molecule is Cc1ccc(CC(c2cnc[nH]2)N(CC(=O)Nc2ccc(C(C)C)cc2)c2cccc(C(=N)N)c2)cc1. The number of anilines is 2. The van der Waals surface area contributed by atoms with Crippen LogP contribution in [0.25, 0.3) is 0 Å². The van der Waals surface area contributed by atoms with Gasteiger partial charge in [0.15, 0.2) is 0 Å². The van der Waals surface area contributed by atoms with Gasteiger partial charge >= 0.3 is 0 Å². The molecule has 1 heterocycles. The number of aromatic nitrogens is 2. The van der Waals surface area contributed by atoms with Crippen molar-refractivity contribution in [2.75, 3.05) is 16.8 Å². The Hall–Kier alpha value is -4.39. The molecule has 0 bridgehead atoms. The highest BCUT2D eigenvalue weighted by molar-refractivity contribution is 5.97. The number of hydrogen-bond donors (Lipinski definition) is 4. The van der Waals surface area contributed by atoms with Crippen LogP contribution >= 0.6 is 0 Å². The minimum Gasteiger partial charge on any atom is -0.384 e. The number of nitrogens with zero attached hydrogens (tertiary/aromatic N) is 2.